The number of halogens is 2. The molecule has 2 rings (SSSR count). The fourth-order valence-corrected chi connectivity index (χ4v) is 1.97. The van der Waals surface area contributed by atoms with Crippen LogP contribution in [0.2, 0.25) is 0 Å². The van der Waals surface area contributed by atoms with E-state index in [9.17, 15) is 14.0 Å². The molecular weight excluding hydrogens is 285 g/mol. The number of nitrogens with one attached hydrogen (secondary N) is 3. The summed E-state index contributed by atoms with van der Waals surface area (Å²) >= 11 is 0. The van der Waals surface area contributed by atoms with Crippen LogP contribution < -0.4 is 16.0 Å². The summed E-state index contributed by atoms with van der Waals surface area (Å²) in [6, 6.07) is 2.72. The standard InChI is InChI=1S/C13H16FN3O2.ClH/c1-15-4-5-16-13(19)9-6-8-2-3-12(18)17-11(8)7-10(9)14;/h6-7,15H,2-5H2,1H3,(H,16,19)(H,17,18);1H. The molecule has 1 aliphatic rings. The van der Waals surface area contributed by atoms with Crippen LogP contribution in [-0.2, 0) is 11.2 Å². The Morgan fingerprint density at radius 2 is 2.10 bits per heavy atom. The van der Waals surface area contributed by atoms with Gasteiger partial charge >= 0.3 is 0 Å². The molecule has 5 nitrogen and oxygen atoms in total. The first-order valence-corrected chi connectivity index (χ1v) is 6.17. The third-order valence-electron chi connectivity index (χ3n) is 2.99. The molecule has 0 aliphatic carbocycles. The summed E-state index contributed by atoms with van der Waals surface area (Å²) in [5.41, 5.74) is 1.27. The number of carbonyl (C=O) groups is 2. The molecule has 110 valence electrons. The van der Waals surface area contributed by atoms with Crippen LogP contribution >= 0.6 is 12.4 Å². The Kier molecular flexibility index (Phi) is 5.91. The van der Waals surface area contributed by atoms with Gasteiger partial charge in [-0.1, -0.05) is 0 Å². The van der Waals surface area contributed by atoms with Crippen LogP contribution in [0, 0.1) is 5.82 Å². The van der Waals surface area contributed by atoms with Crippen LogP contribution in [0.1, 0.15) is 22.3 Å². The van der Waals surface area contributed by atoms with Crippen LogP contribution in [-0.4, -0.2) is 32.0 Å². The van der Waals surface area contributed by atoms with E-state index in [0.717, 1.165) is 5.56 Å². The van der Waals surface area contributed by atoms with Crippen LogP contribution in [0.5, 0.6) is 0 Å². The number of fused-ring (bicyclic) bond motifs is 1. The van der Waals surface area contributed by atoms with Crippen molar-refractivity contribution in [1.82, 2.24) is 10.6 Å². The highest BCUT2D eigenvalue weighted by Crippen LogP contribution is 2.25. The number of carbonyl (C=O) groups excluding carboxylic acids is 2. The normalized spacial score (nSPS) is 13.0. The third kappa shape index (κ3) is 3.68. The van der Waals surface area contributed by atoms with Gasteiger partial charge in [0.2, 0.25) is 5.91 Å². The average Bonchev–Trinajstić information content (AvgIpc) is 2.38. The minimum absolute atomic E-state index is 0. The molecule has 1 aromatic carbocycles. The second-order valence-electron chi connectivity index (χ2n) is 4.40. The topological polar surface area (TPSA) is 70.2 Å². The van der Waals surface area contributed by atoms with Gasteiger partial charge in [0.15, 0.2) is 0 Å². The first kappa shape index (κ1) is 16.4. The summed E-state index contributed by atoms with van der Waals surface area (Å²) in [5, 5.41) is 8.11. The predicted octanol–water partition coefficient (Wildman–Crippen LogP) is 1.08. The second-order valence-corrected chi connectivity index (χ2v) is 4.40. The number of hydrogen-bond acceptors (Lipinski definition) is 3. The molecule has 0 fully saturated rings. The average molecular weight is 302 g/mol. The fraction of sp³-hybridized carbons (Fsp3) is 0.385. The van der Waals surface area contributed by atoms with Gasteiger partial charge in [0, 0.05) is 25.2 Å². The zero-order valence-electron chi connectivity index (χ0n) is 11.1. The van der Waals surface area contributed by atoms with E-state index in [0.29, 0.717) is 31.6 Å². The predicted molar refractivity (Wildman–Crippen MR) is 76.9 cm³/mol. The zero-order valence-corrected chi connectivity index (χ0v) is 11.9. The number of rotatable bonds is 4. The Morgan fingerprint density at radius 3 is 2.80 bits per heavy atom. The molecule has 1 aromatic rings. The molecule has 0 bridgehead atoms. The van der Waals surface area contributed by atoms with E-state index in [1.165, 1.54) is 12.1 Å². The molecule has 0 spiro atoms. The molecule has 2 amide bonds. The molecule has 7 heteroatoms. The van der Waals surface area contributed by atoms with E-state index in [2.05, 4.69) is 16.0 Å². The van der Waals surface area contributed by atoms with E-state index < -0.39 is 11.7 Å². The number of benzene rings is 1. The van der Waals surface area contributed by atoms with Crippen molar-refractivity contribution >= 4 is 29.9 Å². The molecule has 0 unspecified atom stereocenters. The summed E-state index contributed by atoms with van der Waals surface area (Å²) in [6.07, 6.45) is 0.887. The van der Waals surface area contributed by atoms with Gasteiger partial charge in [0.1, 0.15) is 5.82 Å². The lowest BCUT2D eigenvalue weighted by molar-refractivity contribution is -0.116. The molecular formula is C13H17ClFN3O2. The highest BCUT2D eigenvalue weighted by Gasteiger charge is 2.20. The van der Waals surface area contributed by atoms with E-state index in [1.54, 1.807) is 7.05 Å². The number of anilines is 1. The molecule has 0 saturated heterocycles. The van der Waals surface area contributed by atoms with Gasteiger partial charge in [-0.2, -0.15) is 0 Å². The zero-order chi connectivity index (χ0) is 13.8. The van der Waals surface area contributed by atoms with Gasteiger partial charge in [-0.25, -0.2) is 4.39 Å². The molecule has 0 radical (unpaired) electrons. The quantitative estimate of drug-likeness (QED) is 0.729. The van der Waals surface area contributed by atoms with Gasteiger partial charge in [-0.05, 0) is 31.2 Å². The first-order chi connectivity index (χ1) is 9.11. The van der Waals surface area contributed by atoms with Crippen molar-refractivity contribution in [2.45, 2.75) is 12.8 Å². The molecule has 20 heavy (non-hydrogen) atoms. The third-order valence-corrected chi connectivity index (χ3v) is 2.99. The maximum absolute atomic E-state index is 13.8. The molecule has 3 N–H and O–H groups in total. The van der Waals surface area contributed by atoms with Gasteiger partial charge in [0.25, 0.3) is 5.91 Å². The maximum Gasteiger partial charge on any atom is 0.254 e. The first-order valence-electron chi connectivity index (χ1n) is 6.17. The lowest BCUT2D eigenvalue weighted by Gasteiger charge is -2.18. The van der Waals surface area contributed by atoms with Crippen LogP contribution in [0.4, 0.5) is 10.1 Å². The second kappa shape index (κ2) is 7.21. The highest BCUT2D eigenvalue weighted by atomic mass is 35.5. The van der Waals surface area contributed by atoms with Crippen LogP contribution in [0.25, 0.3) is 0 Å². The molecule has 1 aliphatic heterocycles. The van der Waals surface area contributed by atoms with Crippen LogP contribution in [0.3, 0.4) is 0 Å². The smallest absolute Gasteiger partial charge is 0.254 e. The molecule has 0 saturated carbocycles. The summed E-state index contributed by atoms with van der Waals surface area (Å²) in [7, 11) is 1.77. The van der Waals surface area contributed by atoms with E-state index in [-0.39, 0.29) is 23.9 Å². The van der Waals surface area contributed by atoms with Gasteiger partial charge in [-0.3, -0.25) is 9.59 Å². The Balaban J connectivity index is 0.00000200. The minimum Gasteiger partial charge on any atom is -0.351 e. The van der Waals surface area contributed by atoms with Gasteiger partial charge in [0.05, 0.1) is 5.56 Å². The summed E-state index contributed by atoms with van der Waals surface area (Å²) in [5.74, 6) is -1.19. The Labute approximate surface area is 122 Å². The van der Waals surface area contributed by atoms with Crippen molar-refractivity contribution in [2.75, 3.05) is 25.5 Å². The summed E-state index contributed by atoms with van der Waals surface area (Å²) in [4.78, 5) is 23.0. The Hall–Kier alpha value is -1.66. The van der Waals surface area contributed by atoms with Gasteiger partial charge in [-0.15, -0.1) is 12.4 Å². The van der Waals surface area contributed by atoms with E-state index >= 15 is 0 Å². The number of amides is 2. The van der Waals surface area contributed by atoms with Crippen molar-refractivity contribution in [3.63, 3.8) is 0 Å². The number of likely N-dealkylation sites (N-methyl/N-ethyl adjacent to an activating group) is 1. The number of aryl methyl sites for hydroxylation is 1. The van der Waals surface area contributed by atoms with Crippen molar-refractivity contribution in [1.29, 1.82) is 0 Å². The van der Waals surface area contributed by atoms with E-state index in [1.807, 2.05) is 0 Å². The fourth-order valence-electron chi connectivity index (χ4n) is 1.97. The molecule has 0 aromatic heterocycles. The lowest BCUT2D eigenvalue weighted by atomic mass is 9.99. The highest BCUT2D eigenvalue weighted by molar-refractivity contribution is 5.98. The summed E-state index contributed by atoms with van der Waals surface area (Å²) in [6.45, 7) is 1.05. The Bertz CT molecular complexity index is 523. The monoisotopic (exact) mass is 301 g/mol. The molecule has 0 atom stereocenters. The van der Waals surface area contributed by atoms with Crippen molar-refractivity contribution in [3.05, 3.63) is 29.1 Å². The van der Waals surface area contributed by atoms with Gasteiger partial charge < -0.3 is 16.0 Å². The van der Waals surface area contributed by atoms with Crippen molar-refractivity contribution in [2.24, 2.45) is 0 Å². The van der Waals surface area contributed by atoms with Crippen LogP contribution in [0.15, 0.2) is 12.1 Å². The number of hydrogen-bond donors (Lipinski definition) is 3. The summed E-state index contributed by atoms with van der Waals surface area (Å²) < 4.78 is 13.8. The molecule has 1 heterocycles. The Morgan fingerprint density at radius 1 is 1.35 bits per heavy atom. The van der Waals surface area contributed by atoms with Crippen molar-refractivity contribution in [3.8, 4) is 0 Å². The lowest BCUT2D eigenvalue weighted by Crippen LogP contribution is -2.31. The van der Waals surface area contributed by atoms with E-state index in [4.69, 9.17) is 0 Å². The largest absolute Gasteiger partial charge is 0.351 e. The maximum atomic E-state index is 13.8. The van der Waals surface area contributed by atoms with Crippen molar-refractivity contribution < 1.29 is 14.0 Å². The SMILES string of the molecule is CNCCNC(=O)c1cc2c(cc1F)NC(=O)CC2.Cl. The minimum atomic E-state index is -0.622.